The Morgan fingerprint density at radius 1 is 0.600 bits per heavy atom. The van der Waals surface area contributed by atoms with Crippen molar-refractivity contribution in [3.63, 3.8) is 0 Å². The standard InChI is InChI=1S/C29H28N4O2/c1-20(24-16-14-22-8-3-5-10-26(22)18-24)30-32-28(34)12-7-13-29(35)33-31-21(2)25-17-15-23-9-4-6-11-27(23)19-25/h3-6,8-11,14-19H,7,12-13H2,1-2H3,(H,32,34)(H,33,35)/b30-20+,31-21+. The van der Waals surface area contributed by atoms with Crippen LogP contribution in [0.3, 0.4) is 0 Å². The van der Waals surface area contributed by atoms with Crippen LogP contribution in [0.4, 0.5) is 0 Å². The summed E-state index contributed by atoms with van der Waals surface area (Å²) in [5, 5.41) is 13.0. The van der Waals surface area contributed by atoms with Gasteiger partial charge in [-0.2, -0.15) is 10.2 Å². The smallest absolute Gasteiger partial charge is 0.240 e. The number of nitrogens with zero attached hydrogens (tertiary/aromatic N) is 2. The number of hydrogen-bond acceptors (Lipinski definition) is 4. The molecule has 0 atom stereocenters. The number of carbonyl (C=O) groups excluding carboxylic acids is 2. The molecule has 0 saturated carbocycles. The third-order valence-electron chi connectivity index (χ3n) is 5.84. The summed E-state index contributed by atoms with van der Waals surface area (Å²) in [6, 6.07) is 28.3. The normalized spacial score (nSPS) is 12.1. The van der Waals surface area contributed by atoms with Crippen molar-refractivity contribution in [1.29, 1.82) is 0 Å². The number of hydrazone groups is 2. The molecule has 2 amide bonds. The van der Waals surface area contributed by atoms with Gasteiger partial charge in [-0.05, 0) is 65.1 Å². The predicted molar refractivity (Wildman–Crippen MR) is 142 cm³/mol. The van der Waals surface area contributed by atoms with E-state index in [-0.39, 0.29) is 24.7 Å². The predicted octanol–water partition coefficient (Wildman–Crippen LogP) is 5.54. The Morgan fingerprint density at radius 3 is 1.43 bits per heavy atom. The first-order valence-electron chi connectivity index (χ1n) is 11.6. The van der Waals surface area contributed by atoms with Gasteiger partial charge in [0.2, 0.25) is 11.8 Å². The third-order valence-corrected chi connectivity index (χ3v) is 5.84. The number of hydrogen-bond donors (Lipinski definition) is 2. The molecular weight excluding hydrogens is 436 g/mol. The molecule has 0 unspecified atom stereocenters. The summed E-state index contributed by atoms with van der Waals surface area (Å²) in [6.45, 7) is 3.71. The number of fused-ring (bicyclic) bond motifs is 2. The van der Waals surface area contributed by atoms with Gasteiger partial charge in [0.15, 0.2) is 0 Å². The van der Waals surface area contributed by atoms with Crippen molar-refractivity contribution < 1.29 is 9.59 Å². The van der Waals surface area contributed by atoms with Crippen LogP contribution in [0.1, 0.15) is 44.2 Å². The fourth-order valence-electron chi connectivity index (χ4n) is 3.77. The molecule has 0 aliphatic carbocycles. The van der Waals surface area contributed by atoms with E-state index in [0.29, 0.717) is 6.42 Å². The minimum absolute atomic E-state index is 0.204. The Balaban J connectivity index is 1.22. The van der Waals surface area contributed by atoms with Crippen LogP contribution in [0.25, 0.3) is 21.5 Å². The molecular formula is C29H28N4O2. The summed E-state index contributed by atoms with van der Waals surface area (Å²) in [6.07, 6.45) is 0.817. The van der Waals surface area contributed by atoms with E-state index in [0.717, 1.165) is 44.1 Å². The zero-order valence-electron chi connectivity index (χ0n) is 19.9. The summed E-state index contributed by atoms with van der Waals surface area (Å²) in [5.41, 5.74) is 8.50. The average molecular weight is 465 g/mol. The molecule has 176 valence electrons. The summed E-state index contributed by atoms with van der Waals surface area (Å²) >= 11 is 0. The third kappa shape index (κ3) is 6.38. The first-order valence-corrected chi connectivity index (χ1v) is 11.6. The van der Waals surface area contributed by atoms with Crippen LogP contribution in [-0.4, -0.2) is 23.2 Å². The number of benzene rings is 4. The molecule has 0 radical (unpaired) electrons. The lowest BCUT2D eigenvalue weighted by molar-refractivity contribution is -0.122. The summed E-state index contributed by atoms with van der Waals surface area (Å²) in [7, 11) is 0. The zero-order valence-corrected chi connectivity index (χ0v) is 19.9. The molecule has 0 saturated heterocycles. The first-order chi connectivity index (χ1) is 17.0. The number of amides is 2. The van der Waals surface area contributed by atoms with Gasteiger partial charge in [0, 0.05) is 12.8 Å². The van der Waals surface area contributed by atoms with E-state index in [1.807, 2.05) is 86.6 Å². The van der Waals surface area contributed by atoms with Gasteiger partial charge < -0.3 is 0 Å². The molecule has 0 aliphatic rings. The Morgan fingerprint density at radius 2 is 1.00 bits per heavy atom. The molecule has 6 heteroatoms. The molecule has 0 aliphatic heterocycles. The van der Waals surface area contributed by atoms with E-state index in [1.165, 1.54) is 0 Å². The van der Waals surface area contributed by atoms with E-state index in [1.54, 1.807) is 0 Å². The van der Waals surface area contributed by atoms with Crippen molar-refractivity contribution in [2.24, 2.45) is 10.2 Å². The zero-order chi connectivity index (χ0) is 24.6. The van der Waals surface area contributed by atoms with E-state index < -0.39 is 0 Å². The lowest BCUT2D eigenvalue weighted by atomic mass is 10.0. The highest BCUT2D eigenvalue weighted by molar-refractivity contribution is 6.03. The van der Waals surface area contributed by atoms with Crippen molar-refractivity contribution in [1.82, 2.24) is 10.9 Å². The second-order valence-electron chi connectivity index (χ2n) is 8.44. The maximum Gasteiger partial charge on any atom is 0.240 e. The number of rotatable bonds is 8. The monoisotopic (exact) mass is 464 g/mol. The Labute approximate surface area is 204 Å². The molecule has 2 N–H and O–H groups in total. The average Bonchev–Trinajstić information content (AvgIpc) is 2.89. The highest BCUT2D eigenvalue weighted by Crippen LogP contribution is 2.17. The maximum atomic E-state index is 12.2. The van der Waals surface area contributed by atoms with Gasteiger partial charge in [0.25, 0.3) is 0 Å². The van der Waals surface area contributed by atoms with Crippen LogP contribution in [-0.2, 0) is 9.59 Å². The maximum absolute atomic E-state index is 12.2. The van der Waals surface area contributed by atoms with Gasteiger partial charge in [-0.15, -0.1) is 0 Å². The second kappa shape index (κ2) is 11.2. The van der Waals surface area contributed by atoms with E-state index in [2.05, 4.69) is 33.2 Å². The largest absolute Gasteiger partial charge is 0.273 e. The molecule has 4 rings (SSSR count). The fraction of sp³-hybridized carbons (Fsp3) is 0.172. The van der Waals surface area contributed by atoms with Crippen molar-refractivity contribution in [2.75, 3.05) is 0 Å². The summed E-state index contributed by atoms with van der Waals surface area (Å²) in [5.74, 6) is -0.456. The van der Waals surface area contributed by atoms with Crippen LogP contribution < -0.4 is 10.9 Å². The molecule has 0 fully saturated rings. The van der Waals surface area contributed by atoms with Crippen molar-refractivity contribution in [3.05, 3.63) is 96.1 Å². The van der Waals surface area contributed by atoms with E-state index >= 15 is 0 Å². The first kappa shape index (κ1) is 23.8. The quantitative estimate of drug-likeness (QED) is 0.265. The molecule has 0 heterocycles. The second-order valence-corrected chi connectivity index (χ2v) is 8.44. The van der Waals surface area contributed by atoms with Gasteiger partial charge in [-0.25, -0.2) is 10.9 Å². The lowest BCUT2D eigenvalue weighted by Gasteiger charge is -2.06. The molecule has 4 aromatic rings. The van der Waals surface area contributed by atoms with Crippen LogP contribution in [0.5, 0.6) is 0 Å². The SMILES string of the molecule is C/C(=N\NC(=O)CCCC(=O)N/N=C(\C)c1ccc2ccccc2c1)c1ccc2ccccc2c1. The summed E-state index contributed by atoms with van der Waals surface area (Å²) < 4.78 is 0. The minimum atomic E-state index is -0.228. The van der Waals surface area contributed by atoms with E-state index in [9.17, 15) is 9.59 Å². The molecule has 6 nitrogen and oxygen atoms in total. The van der Waals surface area contributed by atoms with Crippen molar-refractivity contribution in [3.8, 4) is 0 Å². The van der Waals surface area contributed by atoms with Gasteiger partial charge in [-0.3, -0.25) is 9.59 Å². The summed E-state index contributed by atoms with van der Waals surface area (Å²) in [4.78, 5) is 24.3. The van der Waals surface area contributed by atoms with Crippen LogP contribution >= 0.6 is 0 Å². The molecule has 0 spiro atoms. The van der Waals surface area contributed by atoms with Crippen LogP contribution in [0.15, 0.2) is 95.1 Å². The lowest BCUT2D eigenvalue weighted by Crippen LogP contribution is -2.21. The van der Waals surface area contributed by atoms with Gasteiger partial charge in [0.1, 0.15) is 0 Å². The Bertz CT molecular complexity index is 1330. The van der Waals surface area contributed by atoms with Crippen LogP contribution in [0.2, 0.25) is 0 Å². The fourth-order valence-corrected chi connectivity index (χ4v) is 3.77. The number of nitrogens with one attached hydrogen (secondary N) is 2. The van der Waals surface area contributed by atoms with Gasteiger partial charge in [-0.1, -0.05) is 72.8 Å². The molecule has 4 aromatic carbocycles. The Kier molecular flexibility index (Phi) is 7.63. The minimum Gasteiger partial charge on any atom is -0.273 e. The number of carbonyl (C=O) groups is 2. The van der Waals surface area contributed by atoms with Crippen LogP contribution in [0, 0.1) is 0 Å². The highest BCUT2D eigenvalue weighted by atomic mass is 16.2. The molecule has 0 aromatic heterocycles. The Hall–Kier alpha value is -4.32. The molecule has 0 bridgehead atoms. The highest BCUT2D eigenvalue weighted by Gasteiger charge is 2.06. The van der Waals surface area contributed by atoms with Gasteiger partial charge in [0.05, 0.1) is 11.4 Å². The molecule has 35 heavy (non-hydrogen) atoms. The van der Waals surface area contributed by atoms with Crippen molar-refractivity contribution >= 4 is 44.8 Å². The topological polar surface area (TPSA) is 82.9 Å². The van der Waals surface area contributed by atoms with E-state index in [4.69, 9.17) is 0 Å². The van der Waals surface area contributed by atoms with Gasteiger partial charge >= 0.3 is 0 Å². The van der Waals surface area contributed by atoms with Crippen molar-refractivity contribution in [2.45, 2.75) is 33.1 Å².